The number of carbonyl (C=O) groups is 1. The van der Waals surface area contributed by atoms with Gasteiger partial charge in [-0.2, -0.15) is 5.10 Å². The summed E-state index contributed by atoms with van der Waals surface area (Å²) in [5, 5.41) is 4.18. The maximum atomic E-state index is 13.1. The Morgan fingerprint density at radius 3 is 2.86 bits per heavy atom. The van der Waals surface area contributed by atoms with E-state index in [0.29, 0.717) is 11.4 Å². The first-order valence-corrected chi connectivity index (χ1v) is 7.54. The number of ether oxygens (including phenoxy) is 1. The van der Waals surface area contributed by atoms with Crippen LogP contribution in [0.1, 0.15) is 30.4 Å². The molecule has 0 aliphatic heterocycles. The molecule has 0 unspecified atom stereocenters. The van der Waals surface area contributed by atoms with E-state index >= 15 is 0 Å². The molecule has 0 amide bonds. The third-order valence-corrected chi connectivity index (χ3v) is 3.89. The fraction of sp³-hybridized carbons (Fsp3) is 0.333. The molecule has 21 heavy (non-hydrogen) atoms. The van der Waals surface area contributed by atoms with Crippen LogP contribution in [-0.2, 0) is 0 Å². The fourth-order valence-corrected chi connectivity index (χ4v) is 2.73. The average molecular weight is 308 g/mol. The zero-order valence-corrected chi connectivity index (χ0v) is 13.0. The molecule has 0 aliphatic rings. The molecular formula is C15H17FN2O2S. The van der Waals surface area contributed by atoms with Crippen LogP contribution in [0.5, 0.6) is 5.75 Å². The summed E-state index contributed by atoms with van der Waals surface area (Å²) in [5.41, 5.74) is 0.455. The first kappa shape index (κ1) is 15.6. The number of thioether (sulfide) groups is 1. The zero-order valence-electron chi connectivity index (χ0n) is 12.2. The Kier molecular flexibility index (Phi) is 5.01. The molecule has 1 aromatic heterocycles. The third-order valence-electron chi connectivity index (χ3n) is 2.90. The van der Waals surface area contributed by atoms with Gasteiger partial charge in [0.15, 0.2) is 11.5 Å². The van der Waals surface area contributed by atoms with E-state index in [1.165, 1.54) is 31.0 Å². The van der Waals surface area contributed by atoms with E-state index in [9.17, 15) is 9.18 Å². The van der Waals surface area contributed by atoms with Crippen molar-refractivity contribution in [2.75, 3.05) is 12.9 Å². The van der Waals surface area contributed by atoms with Crippen molar-refractivity contribution in [3.8, 4) is 5.75 Å². The molecule has 0 atom stereocenters. The van der Waals surface area contributed by atoms with Crippen LogP contribution in [0, 0.1) is 5.82 Å². The predicted octanol–water partition coefficient (Wildman–Crippen LogP) is 3.59. The molecule has 0 aliphatic carbocycles. The third kappa shape index (κ3) is 3.64. The zero-order chi connectivity index (χ0) is 15.4. The standard InChI is InChI=1S/C15H17FN2O2S/c1-10(2)18-15(14(20-3)8-17-18)13(19)9-21-12-6-4-5-11(16)7-12/h4-8,10H,9H2,1-3H3. The minimum absolute atomic E-state index is 0.0621. The lowest BCUT2D eigenvalue weighted by molar-refractivity contribution is 0.100. The number of aromatic nitrogens is 2. The van der Waals surface area contributed by atoms with E-state index in [1.807, 2.05) is 13.8 Å². The molecule has 6 heteroatoms. The molecule has 1 aromatic carbocycles. The Morgan fingerprint density at radius 1 is 1.48 bits per heavy atom. The molecule has 1 heterocycles. The maximum Gasteiger partial charge on any atom is 0.194 e. The highest BCUT2D eigenvalue weighted by molar-refractivity contribution is 8.00. The van der Waals surface area contributed by atoms with Gasteiger partial charge in [0, 0.05) is 10.9 Å². The lowest BCUT2D eigenvalue weighted by Crippen LogP contribution is -2.15. The van der Waals surface area contributed by atoms with Crippen LogP contribution in [0.4, 0.5) is 4.39 Å². The first-order valence-electron chi connectivity index (χ1n) is 6.56. The topological polar surface area (TPSA) is 44.1 Å². The summed E-state index contributed by atoms with van der Waals surface area (Å²) in [6.07, 6.45) is 1.54. The summed E-state index contributed by atoms with van der Waals surface area (Å²) >= 11 is 1.29. The Bertz CT molecular complexity index is 640. The highest BCUT2D eigenvalue weighted by Crippen LogP contribution is 2.25. The number of methoxy groups -OCH3 is 1. The van der Waals surface area contributed by atoms with E-state index in [4.69, 9.17) is 4.74 Å². The maximum absolute atomic E-state index is 13.1. The number of benzene rings is 1. The van der Waals surface area contributed by atoms with Gasteiger partial charge in [0.25, 0.3) is 0 Å². The van der Waals surface area contributed by atoms with Gasteiger partial charge in [-0.25, -0.2) is 4.39 Å². The summed E-state index contributed by atoms with van der Waals surface area (Å²) < 4.78 is 20.0. The molecule has 0 radical (unpaired) electrons. The second-order valence-electron chi connectivity index (χ2n) is 4.77. The minimum Gasteiger partial charge on any atom is -0.493 e. The van der Waals surface area contributed by atoms with Crippen molar-refractivity contribution in [2.45, 2.75) is 24.8 Å². The van der Waals surface area contributed by atoms with Gasteiger partial charge in [-0.05, 0) is 32.0 Å². The molecular weight excluding hydrogens is 291 g/mol. The van der Waals surface area contributed by atoms with E-state index < -0.39 is 0 Å². The van der Waals surface area contributed by atoms with Gasteiger partial charge >= 0.3 is 0 Å². The second kappa shape index (κ2) is 6.76. The highest BCUT2D eigenvalue weighted by atomic mass is 32.2. The molecule has 0 saturated heterocycles. The minimum atomic E-state index is -0.308. The van der Waals surface area contributed by atoms with E-state index in [1.54, 1.807) is 23.0 Å². The highest BCUT2D eigenvalue weighted by Gasteiger charge is 2.21. The number of hydrogen-bond donors (Lipinski definition) is 0. The Labute approximate surface area is 127 Å². The van der Waals surface area contributed by atoms with Crippen LogP contribution in [0.2, 0.25) is 0 Å². The number of halogens is 1. The van der Waals surface area contributed by atoms with Crippen LogP contribution in [0.3, 0.4) is 0 Å². The number of rotatable bonds is 6. The number of hydrogen-bond acceptors (Lipinski definition) is 4. The summed E-state index contributed by atoms with van der Waals surface area (Å²) in [6, 6.07) is 6.25. The van der Waals surface area contributed by atoms with E-state index in [-0.39, 0.29) is 23.4 Å². The van der Waals surface area contributed by atoms with Crippen molar-refractivity contribution < 1.29 is 13.9 Å². The normalized spacial score (nSPS) is 10.9. The van der Waals surface area contributed by atoms with Gasteiger partial charge in [-0.15, -0.1) is 11.8 Å². The largest absolute Gasteiger partial charge is 0.493 e. The van der Waals surface area contributed by atoms with E-state index in [0.717, 1.165) is 4.90 Å². The number of nitrogens with zero attached hydrogens (tertiary/aromatic N) is 2. The average Bonchev–Trinajstić information content (AvgIpc) is 2.89. The number of Topliss-reactive ketones (excluding diaryl/α,β-unsaturated/α-hetero) is 1. The molecule has 4 nitrogen and oxygen atoms in total. The summed E-state index contributed by atoms with van der Waals surface area (Å²) in [4.78, 5) is 13.1. The summed E-state index contributed by atoms with van der Waals surface area (Å²) in [7, 11) is 1.51. The van der Waals surface area contributed by atoms with Crippen LogP contribution in [0.25, 0.3) is 0 Å². The van der Waals surface area contributed by atoms with Gasteiger partial charge in [-0.1, -0.05) is 6.07 Å². The lowest BCUT2D eigenvalue weighted by atomic mass is 10.2. The molecule has 0 bridgehead atoms. The van der Waals surface area contributed by atoms with Crippen molar-refractivity contribution >= 4 is 17.5 Å². The van der Waals surface area contributed by atoms with Crippen molar-refractivity contribution in [3.05, 3.63) is 42.0 Å². The Balaban J connectivity index is 2.15. The predicted molar refractivity (Wildman–Crippen MR) is 80.6 cm³/mol. The Morgan fingerprint density at radius 2 is 2.24 bits per heavy atom. The van der Waals surface area contributed by atoms with Crippen molar-refractivity contribution in [1.29, 1.82) is 0 Å². The smallest absolute Gasteiger partial charge is 0.194 e. The quantitative estimate of drug-likeness (QED) is 0.604. The van der Waals surface area contributed by atoms with Crippen LogP contribution < -0.4 is 4.74 Å². The van der Waals surface area contributed by atoms with Crippen LogP contribution in [0.15, 0.2) is 35.4 Å². The number of ketones is 1. The molecule has 112 valence electrons. The van der Waals surface area contributed by atoms with Crippen molar-refractivity contribution in [2.24, 2.45) is 0 Å². The second-order valence-corrected chi connectivity index (χ2v) is 5.82. The molecule has 0 N–H and O–H groups in total. The van der Waals surface area contributed by atoms with Gasteiger partial charge in [0.1, 0.15) is 11.5 Å². The van der Waals surface area contributed by atoms with E-state index in [2.05, 4.69) is 5.10 Å². The van der Waals surface area contributed by atoms with Gasteiger partial charge in [0.05, 0.1) is 19.1 Å². The van der Waals surface area contributed by atoms with Crippen molar-refractivity contribution in [1.82, 2.24) is 9.78 Å². The van der Waals surface area contributed by atoms with Gasteiger partial charge < -0.3 is 4.74 Å². The van der Waals surface area contributed by atoms with Gasteiger partial charge in [-0.3, -0.25) is 9.48 Å². The Hall–Kier alpha value is -1.82. The first-order chi connectivity index (χ1) is 10.0. The van der Waals surface area contributed by atoms with Gasteiger partial charge in [0.2, 0.25) is 0 Å². The summed E-state index contributed by atoms with van der Waals surface area (Å²) in [5.74, 6) is 0.274. The fourth-order valence-electron chi connectivity index (χ4n) is 1.93. The lowest BCUT2D eigenvalue weighted by Gasteiger charge is -2.11. The van der Waals surface area contributed by atoms with Crippen LogP contribution in [-0.4, -0.2) is 28.4 Å². The van der Waals surface area contributed by atoms with Crippen molar-refractivity contribution in [3.63, 3.8) is 0 Å². The molecule has 0 fully saturated rings. The molecule has 2 aromatic rings. The summed E-state index contributed by atoms with van der Waals surface area (Å²) in [6.45, 7) is 3.89. The SMILES string of the molecule is COc1cnn(C(C)C)c1C(=O)CSc1cccc(F)c1. The number of carbonyl (C=O) groups excluding carboxylic acids is 1. The molecule has 0 spiro atoms. The monoisotopic (exact) mass is 308 g/mol. The molecule has 2 rings (SSSR count). The molecule has 0 saturated carbocycles. The van der Waals surface area contributed by atoms with Crippen LogP contribution >= 0.6 is 11.8 Å².